The van der Waals surface area contributed by atoms with E-state index in [0.717, 1.165) is 99.0 Å². The number of rotatable bonds is 2. The van der Waals surface area contributed by atoms with E-state index in [9.17, 15) is 0 Å². The summed E-state index contributed by atoms with van der Waals surface area (Å²) in [5.74, 6) is 0. The number of hydrogen-bond acceptors (Lipinski definition) is 3. The van der Waals surface area contributed by atoms with Gasteiger partial charge in [-0.2, -0.15) is 0 Å². The third-order valence-electron chi connectivity index (χ3n) is 10.7. The number of hydrogen-bond donors (Lipinski definition) is 0. The third kappa shape index (κ3) is 3.48. The van der Waals surface area contributed by atoms with Crippen molar-refractivity contribution < 1.29 is 0 Å². The van der Waals surface area contributed by atoms with Crippen LogP contribution in [0.25, 0.3) is 104 Å². The van der Waals surface area contributed by atoms with Gasteiger partial charge in [0.05, 0.1) is 38.6 Å². The molecule has 0 aliphatic carbocycles. The summed E-state index contributed by atoms with van der Waals surface area (Å²) in [6.45, 7) is 0. The highest BCUT2D eigenvalue weighted by atomic mass is 15.0. The first kappa shape index (κ1) is 26.9. The molecule has 0 aliphatic heterocycles. The molecule has 0 fully saturated rings. The smallest absolute Gasteiger partial charge is 0.146 e. The quantitative estimate of drug-likeness (QED) is 0.175. The lowest BCUT2D eigenvalue weighted by Crippen LogP contribution is -1.99. The highest BCUT2D eigenvalue weighted by Gasteiger charge is 2.22. The Morgan fingerprint density at radius 3 is 1.57 bits per heavy atom. The van der Waals surface area contributed by atoms with Gasteiger partial charge in [-0.25, -0.2) is 4.98 Å². The van der Waals surface area contributed by atoms with E-state index in [1.807, 2.05) is 12.4 Å². The van der Waals surface area contributed by atoms with Gasteiger partial charge in [0, 0.05) is 56.1 Å². The van der Waals surface area contributed by atoms with Gasteiger partial charge in [-0.3, -0.25) is 14.4 Å². The molecule has 0 N–H and O–H groups in total. The van der Waals surface area contributed by atoms with Crippen LogP contribution < -0.4 is 0 Å². The maximum Gasteiger partial charge on any atom is 0.146 e. The minimum Gasteiger partial charge on any atom is -0.307 e. The van der Waals surface area contributed by atoms with Gasteiger partial charge in [0.15, 0.2) is 0 Å². The summed E-state index contributed by atoms with van der Waals surface area (Å²) >= 11 is 0. The minimum absolute atomic E-state index is 0.871. The van der Waals surface area contributed by atoms with Crippen LogP contribution in [0.2, 0.25) is 0 Å². The molecule has 12 aromatic rings. The van der Waals surface area contributed by atoms with Gasteiger partial charge < -0.3 is 9.13 Å². The fourth-order valence-corrected chi connectivity index (χ4v) is 8.53. The zero-order valence-electron chi connectivity index (χ0n) is 27.2. The molecule has 0 bridgehead atoms. The first-order chi connectivity index (χ1) is 25.3. The number of imidazole rings is 1. The zero-order valence-corrected chi connectivity index (χ0v) is 27.2. The van der Waals surface area contributed by atoms with Crippen molar-refractivity contribution in [1.82, 2.24) is 28.5 Å². The molecule has 6 nitrogen and oxygen atoms in total. The molecule has 0 saturated heterocycles. The molecule has 51 heavy (non-hydrogen) atoms. The Bertz CT molecular complexity index is 3420. The maximum atomic E-state index is 5.24. The second-order valence-electron chi connectivity index (χ2n) is 13.3. The van der Waals surface area contributed by atoms with Crippen LogP contribution in [-0.2, 0) is 0 Å². The second kappa shape index (κ2) is 9.77. The molecule has 0 radical (unpaired) electrons. The summed E-state index contributed by atoms with van der Waals surface area (Å²) in [5, 5.41) is 7.93. The number of benzene rings is 6. The van der Waals surface area contributed by atoms with Gasteiger partial charge in [0.1, 0.15) is 16.7 Å². The molecule has 0 aliphatic rings. The molecule has 236 valence electrons. The third-order valence-corrected chi connectivity index (χ3v) is 10.7. The van der Waals surface area contributed by atoms with E-state index in [2.05, 4.69) is 159 Å². The lowest BCUT2D eigenvalue weighted by atomic mass is 10.0. The van der Waals surface area contributed by atoms with Gasteiger partial charge in [0.2, 0.25) is 0 Å². The molecule has 0 saturated carbocycles. The van der Waals surface area contributed by atoms with E-state index in [4.69, 9.17) is 15.0 Å². The zero-order chi connectivity index (χ0) is 33.2. The van der Waals surface area contributed by atoms with Gasteiger partial charge in [-0.1, -0.05) is 84.9 Å². The Morgan fingerprint density at radius 2 is 0.902 bits per heavy atom. The van der Waals surface area contributed by atoms with Crippen molar-refractivity contribution in [3.05, 3.63) is 158 Å². The maximum absolute atomic E-state index is 5.24. The van der Waals surface area contributed by atoms with Crippen molar-refractivity contribution in [2.24, 2.45) is 0 Å². The highest BCUT2D eigenvalue weighted by Crippen LogP contribution is 2.41. The van der Waals surface area contributed by atoms with Gasteiger partial charge in [-0.05, 0) is 66.0 Å². The average molecular weight is 651 g/mol. The van der Waals surface area contributed by atoms with Crippen molar-refractivity contribution in [2.45, 2.75) is 0 Å². The first-order valence-electron chi connectivity index (χ1n) is 17.2. The molecule has 6 aromatic carbocycles. The van der Waals surface area contributed by atoms with E-state index in [0.29, 0.717) is 0 Å². The van der Waals surface area contributed by atoms with Crippen LogP contribution >= 0.6 is 0 Å². The average Bonchev–Trinajstić information content (AvgIpc) is 3.87. The molecular weight excluding hydrogens is 625 g/mol. The van der Waals surface area contributed by atoms with E-state index < -0.39 is 0 Å². The number of fused-ring (bicyclic) bond motifs is 17. The summed E-state index contributed by atoms with van der Waals surface area (Å²) in [6.07, 6.45) is 4.08. The van der Waals surface area contributed by atoms with Crippen molar-refractivity contribution in [1.29, 1.82) is 0 Å². The topological polar surface area (TPSA) is 52.9 Å². The molecule has 6 aromatic heterocycles. The van der Waals surface area contributed by atoms with Crippen LogP contribution in [0.15, 0.2) is 158 Å². The summed E-state index contributed by atoms with van der Waals surface area (Å²) in [5.41, 5.74) is 12.5. The summed E-state index contributed by atoms with van der Waals surface area (Å²) in [6, 6.07) is 51.6. The largest absolute Gasteiger partial charge is 0.307 e. The Balaban J connectivity index is 1.23. The van der Waals surface area contributed by atoms with Crippen LogP contribution in [-0.4, -0.2) is 28.5 Å². The molecule has 6 heterocycles. The number of pyridine rings is 3. The van der Waals surface area contributed by atoms with E-state index in [1.165, 1.54) is 5.39 Å². The minimum atomic E-state index is 0.871. The summed E-state index contributed by atoms with van der Waals surface area (Å²) in [7, 11) is 0. The number of aromatic nitrogens is 6. The first-order valence-corrected chi connectivity index (χ1v) is 17.2. The van der Waals surface area contributed by atoms with Crippen LogP contribution in [0.4, 0.5) is 0 Å². The highest BCUT2D eigenvalue weighted by molar-refractivity contribution is 6.23. The molecular formula is C45H26N6. The monoisotopic (exact) mass is 650 g/mol. The Hall–Kier alpha value is -7.05. The van der Waals surface area contributed by atoms with Crippen LogP contribution in [0, 0.1) is 0 Å². The Kier molecular flexibility index (Phi) is 5.14. The standard InChI is InChI=1S/C45H26N6/c1-2-12-27(13-3-1)49-37-18-8-5-15-30(37)34-25-47-42-41(43(34)49)46-26-35-31-16-6-9-19-38(31)50(44(35)42)28-22-23-32-33(24-28)29-14-4-10-20-39(29)51-40-21-11-7-17-36(40)48-45(32)51/h1-26H. The van der Waals surface area contributed by atoms with E-state index >= 15 is 0 Å². The summed E-state index contributed by atoms with van der Waals surface area (Å²) < 4.78 is 7.01. The fraction of sp³-hybridized carbons (Fsp3) is 0. The Labute approximate surface area is 290 Å². The predicted octanol–water partition coefficient (Wildman–Crippen LogP) is 10.9. The lowest BCUT2D eigenvalue weighted by molar-refractivity contribution is 1.17. The number of nitrogens with zero attached hydrogens (tertiary/aromatic N) is 6. The SMILES string of the molecule is c1ccc(-n2c3ccccc3c3cnc4c(ncc5c6ccccc6n(-c6ccc7c(c6)c6ccccc6n6c8ccccc8nc76)c54)c32)cc1. The van der Waals surface area contributed by atoms with Gasteiger partial charge in [0.25, 0.3) is 0 Å². The lowest BCUT2D eigenvalue weighted by Gasteiger charge is -2.14. The van der Waals surface area contributed by atoms with Crippen molar-refractivity contribution in [3.63, 3.8) is 0 Å². The van der Waals surface area contributed by atoms with Crippen molar-refractivity contribution >= 4 is 93.0 Å². The molecule has 0 unspecified atom stereocenters. The van der Waals surface area contributed by atoms with Crippen molar-refractivity contribution in [2.75, 3.05) is 0 Å². The van der Waals surface area contributed by atoms with Crippen LogP contribution in [0.1, 0.15) is 0 Å². The van der Waals surface area contributed by atoms with Crippen LogP contribution in [0.3, 0.4) is 0 Å². The predicted molar refractivity (Wildman–Crippen MR) is 209 cm³/mol. The van der Waals surface area contributed by atoms with Gasteiger partial charge >= 0.3 is 0 Å². The number of para-hydroxylation sites is 6. The Morgan fingerprint density at radius 1 is 0.373 bits per heavy atom. The molecule has 6 heteroatoms. The normalized spacial score (nSPS) is 12.3. The second-order valence-corrected chi connectivity index (χ2v) is 13.3. The van der Waals surface area contributed by atoms with E-state index in [1.54, 1.807) is 0 Å². The summed E-state index contributed by atoms with van der Waals surface area (Å²) in [4.78, 5) is 15.6. The van der Waals surface area contributed by atoms with Gasteiger partial charge in [-0.15, -0.1) is 0 Å². The molecule has 0 spiro atoms. The molecule has 0 atom stereocenters. The van der Waals surface area contributed by atoms with Crippen molar-refractivity contribution in [3.8, 4) is 11.4 Å². The molecule has 12 rings (SSSR count). The fourth-order valence-electron chi connectivity index (χ4n) is 8.53. The molecule has 0 amide bonds. The van der Waals surface area contributed by atoms with E-state index in [-0.39, 0.29) is 0 Å². The van der Waals surface area contributed by atoms with Crippen LogP contribution in [0.5, 0.6) is 0 Å².